The van der Waals surface area contributed by atoms with Gasteiger partial charge >= 0.3 is 12.8 Å². The molecule has 0 saturated heterocycles. The van der Waals surface area contributed by atoms with Crippen molar-refractivity contribution in [3.8, 4) is 17.0 Å². The Morgan fingerprint density at radius 3 is 2.48 bits per heavy atom. The molecule has 1 aromatic heterocycles. The number of rotatable bonds is 7. The smallest absolute Gasteiger partial charge is 0.417 e. The predicted octanol–water partition coefficient (Wildman–Crippen LogP) is 5.56. The van der Waals surface area contributed by atoms with E-state index in [1.54, 1.807) is 6.07 Å². The molecule has 0 spiro atoms. The van der Waals surface area contributed by atoms with Gasteiger partial charge in [0.25, 0.3) is 0 Å². The molecule has 31 heavy (non-hydrogen) atoms. The Morgan fingerprint density at radius 1 is 1.06 bits per heavy atom. The van der Waals surface area contributed by atoms with Crippen molar-refractivity contribution in [2.45, 2.75) is 18.9 Å². The maximum absolute atomic E-state index is 12.9. The van der Waals surface area contributed by atoms with Gasteiger partial charge in [0.1, 0.15) is 17.9 Å². The molecule has 0 saturated carbocycles. The first-order valence-electron chi connectivity index (χ1n) is 8.80. The van der Waals surface area contributed by atoms with Crippen LogP contribution < -0.4 is 10.1 Å². The van der Waals surface area contributed by atoms with Crippen molar-refractivity contribution in [1.29, 1.82) is 0 Å². The maximum Gasteiger partial charge on any atom is 0.417 e. The molecule has 2 aromatic carbocycles. The van der Waals surface area contributed by atoms with Gasteiger partial charge < -0.3 is 15.2 Å². The van der Waals surface area contributed by atoms with Gasteiger partial charge in [0.05, 0.1) is 22.4 Å². The molecule has 2 N–H and O–H groups in total. The van der Waals surface area contributed by atoms with Crippen LogP contribution in [0.15, 0.2) is 54.9 Å². The van der Waals surface area contributed by atoms with E-state index < -0.39 is 29.5 Å². The number of aliphatic hydroxyl groups is 1. The number of para-hydroxylation sites is 1. The molecule has 1 unspecified atom stereocenters. The average molecular weight is 460 g/mol. The predicted molar refractivity (Wildman–Crippen MR) is 104 cm³/mol. The molecule has 1 heterocycles. The van der Waals surface area contributed by atoms with E-state index in [0.29, 0.717) is 11.3 Å². The lowest BCUT2D eigenvalue weighted by Gasteiger charge is -2.17. The third-order valence-corrected chi connectivity index (χ3v) is 4.52. The van der Waals surface area contributed by atoms with Crippen LogP contribution in [0.2, 0.25) is 5.02 Å². The minimum absolute atomic E-state index is 0.103. The Balaban J connectivity index is 1.74. The zero-order chi connectivity index (χ0) is 22.6. The monoisotopic (exact) mass is 459 g/mol. The molecular formula is C20H15ClF5N3O2. The lowest BCUT2D eigenvalue weighted by molar-refractivity contribution is -0.137. The lowest BCUT2D eigenvalue weighted by Crippen LogP contribution is -2.15. The van der Waals surface area contributed by atoms with Gasteiger partial charge in [-0.2, -0.15) is 22.0 Å². The van der Waals surface area contributed by atoms with E-state index in [1.807, 2.05) is 0 Å². The number of nitrogens with one attached hydrogen (secondary N) is 1. The fourth-order valence-electron chi connectivity index (χ4n) is 2.79. The summed E-state index contributed by atoms with van der Waals surface area (Å²) in [7, 11) is 0. The molecule has 164 valence electrons. The SMILES string of the molecule is OC(CNc1cc(-c2ccc(C(F)(F)F)c(Cl)c2)ncn1)c1ccccc1OC(F)F. The van der Waals surface area contributed by atoms with Crippen LogP contribution in [0.5, 0.6) is 5.75 Å². The molecule has 0 radical (unpaired) electrons. The quantitative estimate of drug-likeness (QED) is 0.453. The van der Waals surface area contributed by atoms with E-state index in [1.165, 1.54) is 36.7 Å². The average Bonchev–Trinajstić information content (AvgIpc) is 2.71. The Kier molecular flexibility index (Phi) is 6.91. The zero-order valence-electron chi connectivity index (χ0n) is 15.6. The molecule has 3 rings (SSSR count). The molecule has 11 heteroatoms. The molecule has 5 nitrogen and oxygen atoms in total. The van der Waals surface area contributed by atoms with Crippen LogP contribution in [-0.4, -0.2) is 28.2 Å². The van der Waals surface area contributed by atoms with E-state index in [9.17, 15) is 27.1 Å². The highest BCUT2D eigenvalue weighted by molar-refractivity contribution is 6.31. The number of nitrogens with zero attached hydrogens (tertiary/aromatic N) is 2. The normalized spacial score (nSPS) is 12.6. The van der Waals surface area contributed by atoms with Crippen LogP contribution in [0, 0.1) is 0 Å². The number of halogens is 6. The minimum atomic E-state index is -4.57. The summed E-state index contributed by atoms with van der Waals surface area (Å²) in [6, 6.07) is 10.5. The fourth-order valence-corrected chi connectivity index (χ4v) is 3.07. The standard InChI is InChI=1S/C20H15ClF5N3O2/c21-14-7-11(5-6-13(14)20(24,25)26)15-8-18(29-10-28-15)27-9-16(30)12-3-1-2-4-17(12)31-19(22)23/h1-8,10,16,19,30H,9H2,(H,27,28,29). The summed E-state index contributed by atoms with van der Waals surface area (Å²) in [4.78, 5) is 8.00. The number of hydrogen-bond acceptors (Lipinski definition) is 5. The van der Waals surface area contributed by atoms with Gasteiger partial charge in [-0.05, 0) is 18.2 Å². The van der Waals surface area contributed by atoms with Crippen LogP contribution in [0.3, 0.4) is 0 Å². The first kappa shape index (κ1) is 22.7. The summed E-state index contributed by atoms with van der Waals surface area (Å²) in [5, 5.41) is 12.7. The first-order chi connectivity index (χ1) is 14.6. The highest BCUT2D eigenvalue weighted by Crippen LogP contribution is 2.36. The molecule has 0 aliphatic carbocycles. The Labute approximate surface area is 178 Å². The second kappa shape index (κ2) is 9.44. The maximum atomic E-state index is 12.9. The van der Waals surface area contributed by atoms with E-state index in [-0.39, 0.29) is 23.7 Å². The Bertz CT molecular complexity index is 1050. The van der Waals surface area contributed by atoms with Crippen molar-refractivity contribution in [2.75, 3.05) is 11.9 Å². The molecule has 0 aliphatic rings. The van der Waals surface area contributed by atoms with Crippen LogP contribution in [0.4, 0.5) is 27.8 Å². The molecule has 1 atom stereocenters. The molecule has 0 bridgehead atoms. The third-order valence-electron chi connectivity index (χ3n) is 4.21. The summed E-state index contributed by atoms with van der Waals surface area (Å²) in [5.74, 6) is 0.0990. The summed E-state index contributed by atoms with van der Waals surface area (Å²) >= 11 is 5.75. The van der Waals surface area contributed by atoms with Gasteiger partial charge in [0, 0.05) is 23.7 Å². The molecule has 0 fully saturated rings. The lowest BCUT2D eigenvalue weighted by atomic mass is 10.1. The number of benzene rings is 2. The van der Waals surface area contributed by atoms with E-state index >= 15 is 0 Å². The summed E-state index contributed by atoms with van der Waals surface area (Å²) < 4.78 is 68.1. The largest absolute Gasteiger partial charge is 0.434 e. The summed E-state index contributed by atoms with van der Waals surface area (Å²) in [6.07, 6.45) is -4.59. The zero-order valence-corrected chi connectivity index (χ0v) is 16.3. The highest BCUT2D eigenvalue weighted by atomic mass is 35.5. The summed E-state index contributed by atoms with van der Waals surface area (Å²) in [5.41, 5.74) is -0.180. The second-order valence-electron chi connectivity index (χ2n) is 6.29. The van der Waals surface area contributed by atoms with Crippen LogP contribution in [0.1, 0.15) is 17.2 Å². The number of hydrogen-bond donors (Lipinski definition) is 2. The Hall–Kier alpha value is -2.98. The number of anilines is 1. The topological polar surface area (TPSA) is 67.3 Å². The molecular weight excluding hydrogens is 445 g/mol. The highest BCUT2D eigenvalue weighted by Gasteiger charge is 2.33. The van der Waals surface area contributed by atoms with Crippen molar-refractivity contribution < 1.29 is 31.8 Å². The van der Waals surface area contributed by atoms with E-state index in [2.05, 4.69) is 20.0 Å². The van der Waals surface area contributed by atoms with Crippen molar-refractivity contribution in [1.82, 2.24) is 9.97 Å². The minimum Gasteiger partial charge on any atom is -0.434 e. The molecule has 0 amide bonds. The second-order valence-corrected chi connectivity index (χ2v) is 6.70. The summed E-state index contributed by atoms with van der Waals surface area (Å²) in [6.45, 7) is -3.14. The number of alkyl halides is 5. The van der Waals surface area contributed by atoms with Crippen LogP contribution in [0.25, 0.3) is 11.3 Å². The Morgan fingerprint density at radius 2 is 1.81 bits per heavy atom. The van der Waals surface area contributed by atoms with Crippen molar-refractivity contribution in [3.63, 3.8) is 0 Å². The van der Waals surface area contributed by atoms with Crippen molar-refractivity contribution in [2.24, 2.45) is 0 Å². The molecule has 0 aliphatic heterocycles. The molecule has 3 aromatic rings. The number of ether oxygens (including phenoxy) is 1. The van der Waals surface area contributed by atoms with Crippen LogP contribution >= 0.6 is 11.6 Å². The first-order valence-corrected chi connectivity index (χ1v) is 9.18. The van der Waals surface area contributed by atoms with E-state index in [0.717, 1.165) is 12.1 Å². The van der Waals surface area contributed by atoms with Crippen molar-refractivity contribution >= 4 is 17.4 Å². The van der Waals surface area contributed by atoms with Gasteiger partial charge in [0.15, 0.2) is 0 Å². The van der Waals surface area contributed by atoms with Crippen molar-refractivity contribution in [3.05, 3.63) is 71.0 Å². The van der Waals surface area contributed by atoms with E-state index in [4.69, 9.17) is 11.6 Å². The van der Waals surface area contributed by atoms with Gasteiger partial charge in [-0.3, -0.25) is 0 Å². The van der Waals surface area contributed by atoms with Gasteiger partial charge in [0.2, 0.25) is 0 Å². The third kappa shape index (κ3) is 5.80. The van der Waals surface area contributed by atoms with Gasteiger partial charge in [-0.1, -0.05) is 35.9 Å². The van der Waals surface area contributed by atoms with Gasteiger partial charge in [-0.25, -0.2) is 9.97 Å². The number of aliphatic hydroxyl groups excluding tert-OH is 1. The fraction of sp³-hybridized carbons (Fsp3) is 0.200. The van der Waals surface area contributed by atoms with Gasteiger partial charge in [-0.15, -0.1) is 0 Å². The van der Waals surface area contributed by atoms with Crippen LogP contribution in [-0.2, 0) is 6.18 Å². The number of aromatic nitrogens is 2.